The number of nitriles is 1. The summed E-state index contributed by atoms with van der Waals surface area (Å²) >= 11 is 0. The van der Waals surface area contributed by atoms with Crippen molar-refractivity contribution in [2.75, 3.05) is 5.32 Å². The van der Waals surface area contributed by atoms with E-state index in [2.05, 4.69) is 30.1 Å². The largest absolute Gasteiger partial charge is 0.431 e. The van der Waals surface area contributed by atoms with Gasteiger partial charge in [-0.05, 0) is 65.1 Å². The second kappa shape index (κ2) is 14.3. The molecule has 210 valence electrons. The Bertz CT molecular complexity index is 1460. The van der Waals surface area contributed by atoms with Gasteiger partial charge in [0.15, 0.2) is 11.5 Å². The van der Waals surface area contributed by atoms with E-state index in [4.69, 9.17) is 5.26 Å². The SMILES string of the molecule is N#CN=C(NCc1ccccc1)Nc1ccc(CC(c2ccncc2)c2ccc(OC(F)F)c(OC(F)F)c2)cc1. The Morgan fingerprint density at radius 3 is 2.15 bits per heavy atom. The summed E-state index contributed by atoms with van der Waals surface area (Å²) in [4.78, 5) is 7.86. The number of anilines is 1. The number of pyridine rings is 1. The van der Waals surface area contributed by atoms with Crippen LogP contribution in [0.5, 0.6) is 11.5 Å². The molecule has 0 saturated carbocycles. The normalized spacial score (nSPS) is 12.1. The van der Waals surface area contributed by atoms with Crippen LogP contribution in [0, 0.1) is 11.5 Å². The number of aliphatic imine (C=N–C) groups is 1. The van der Waals surface area contributed by atoms with Gasteiger partial charge in [0, 0.05) is 30.5 Å². The number of alkyl halides is 4. The summed E-state index contributed by atoms with van der Waals surface area (Å²) in [5.74, 6) is -1.02. The Balaban J connectivity index is 1.54. The summed E-state index contributed by atoms with van der Waals surface area (Å²) in [6, 6.07) is 24.7. The molecule has 1 atom stereocenters. The molecule has 2 N–H and O–H groups in total. The number of hydrogen-bond acceptors (Lipinski definition) is 5. The van der Waals surface area contributed by atoms with Gasteiger partial charge < -0.3 is 20.1 Å². The summed E-state index contributed by atoms with van der Waals surface area (Å²) in [6.45, 7) is -5.95. The van der Waals surface area contributed by atoms with Crippen molar-refractivity contribution < 1.29 is 27.0 Å². The van der Waals surface area contributed by atoms with Crippen molar-refractivity contribution in [1.29, 1.82) is 5.26 Å². The highest BCUT2D eigenvalue weighted by molar-refractivity contribution is 5.94. The molecule has 4 rings (SSSR count). The number of halogens is 4. The first-order valence-electron chi connectivity index (χ1n) is 12.5. The third-order valence-electron chi connectivity index (χ3n) is 6.03. The van der Waals surface area contributed by atoms with E-state index >= 15 is 0 Å². The van der Waals surface area contributed by atoms with Crippen molar-refractivity contribution >= 4 is 11.6 Å². The standard InChI is InChI=1S/C30H25F4N5O2/c31-28(32)40-26-11-8-23(17-27(26)41-29(33)34)25(22-12-14-36-15-13-22)16-20-6-9-24(10-7-20)39-30(38-19-35)37-18-21-4-2-1-3-5-21/h1-15,17,25,28-29H,16,18H2,(H2,37,38,39). The minimum absolute atomic E-state index is 0.288. The van der Waals surface area contributed by atoms with E-state index in [9.17, 15) is 17.6 Å². The predicted octanol–water partition coefficient (Wildman–Crippen LogP) is 6.70. The van der Waals surface area contributed by atoms with E-state index in [1.165, 1.54) is 12.1 Å². The van der Waals surface area contributed by atoms with Gasteiger partial charge in [-0.1, -0.05) is 48.5 Å². The van der Waals surface area contributed by atoms with Gasteiger partial charge in [-0.15, -0.1) is 4.99 Å². The van der Waals surface area contributed by atoms with Crippen molar-refractivity contribution in [3.05, 3.63) is 120 Å². The number of rotatable bonds is 11. The maximum absolute atomic E-state index is 13.0. The lowest BCUT2D eigenvalue weighted by Gasteiger charge is -2.21. The third kappa shape index (κ3) is 8.69. The molecule has 0 aliphatic carbocycles. The monoisotopic (exact) mass is 563 g/mol. The second-order valence-corrected chi connectivity index (χ2v) is 8.72. The number of aromatic nitrogens is 1. The Labute approximate surface area is 234 Å². The van der Waals surface area contributed by atoms with Crippen LogP contribution in [0.25, 0.3) is 0 Å². The van der Waals surface area contributed by atoms with Crippen molar-refractivity contribution in [3.8, 4) is 17.7 Å². The summed E-state index contributed by atoms with van der Waals surface area (Å²) < 4.78 is 60.6. The summed E-state index contributed by atoms with van der Waals surface area (Å²) in [6.07, 6.45) is 5.44. The smallest absolute Gasteiger partial charge is 0.387 e. The maximum Gasteiger partial charge on any atom is 0.387 e. The van der Waals surface area contributed by atoms with Gasteiger partial charge in [0.05, 0.1) is 0 Å². The molecule has 1 unspecified atom stereocenters. The second-order valence-electron chi connectivity index (χ2n) is 8.72. The van der Waals surface area contributed by atoms with Crippen molar-refractivity contribution in [3.63, 3.8) is 0 Å². The molecule has 0 saturated heterocycles. The summed E-state index contributed by atoms with van der Waals surface area (Å²) in [5.41, 5.74) is 4.00. The van der Waals surface area contributed by atoms with Gasteiger partial charge in [-0.2, -0.15) is 22.8 Å². The Kier molecular flexibility index (Phi) is 10.1. The Hall–Kier alpha value is -5.11. The zero-order chi connectivity index (χ0) is 29.0. The van der Waals surface area contributed by atoms with E-state index in [1.54, 1.807) is 36.8 Å². The van der Waals surface area contributed by atoms with Crippen molar-refractivity contribution in [2.45, 2.75) is 32.1 Å². The third-order valence-corrected chi connectivity index (χ3v) is 6.03. The molecule has 0 radical (unpaired) electrons. The molecule has 3 aromatic carbocycles. The molecule has 0 bridgehead atoms. The van der Waals surface area contributed by atoms with Crippen LogP contribution in [0.3, 0.4) is 0 Å². The molecule has 1 aromatic heterocycles. The van der Waals surface area contributed by atoms with Crippen LogP contribution >= 0.6 is 0 Å². The molecular weight excluding hydrogens is 538 g/mol. The van der Waals surface area contributed by atoms with Crippen LogP contribution in [0.2, 0.25) is 0 Å². The van der Waals surface area contributed by atoms with E-state index < -0.39 is 24.7 Å². The Morgan fingerprint density at radius 1 is 0.805 bits per heavy atom. The first kappa shape index (κ1) is 28.9. The molecule has 0 spiro atoms. The first-order chi connectivity index (χ1) is 19.9. The molecule has 41 heavy (non-hydrogen) atoms. The summed E-state index contributed by atoms with van der Waals surface area (Å²) in [7, 11) is 0. The summed E-state index contributed by atoms with van der Waals surface area (Å²) in [5, 5.41) is 15.3. The highest BCUT2D eigenvalue weighted by Gasteiger charge is 2.21. The zero-order valence-corrected chi connectivity index (χ0v) is 21.6. The van der Waals surface area contributed by atoms with Crippen molar-refractivity contribution in [1.82, 2.24) is 10.3 Å². The van der Waals surface area contributed by atoms with E-state index in [0.29, 0.717) is 24.2 Å². The quantitative estimate of drug-likeness (QED) is 0.0914. The van der Waals surface area contributed by atoms with Crippen LogP contribution in [-0.2, 0) is 13.0 Å². The number of ether oxygens (including phenoxy) is 2. The van der Waals surface area contributed by atoms with Gasteiger partial charge in [-0.3, -0.25) is 4.98 Å². The van der Waals surface area contributed by atoms with Crippen LogP contribution in [-0.4, -0.2) is 24.2 Å². The molecule has 0 fully saturated rings. The number of nitrogens with zero attached hydrogens (tertiary/aromatic N) is 3. The molecule has 1 heterocycles. The average Bonchev–Trinajstić information content (AvgIpc) is 2.97. The van der Waals surface area contributed by atoms with Gasteiger partial charge in [0.1, 0.15) is 0 Å². The molecule has 7 nitrogen and oxygen atoms in total. The lowest BCUT2D eigenvalue weighted by molar-refractivity contribution is -0.0692. The van der Waals surface area contributed by atoms with Crippen LogP contribution in [0.1, 0.15) is 28.2 Å². The molecule has 11 heteroatoms. The fourth-order valence-corrected chi connectivity index (χ4v) is 4.19. The van der Waals surface area contributed by atoms with Gasteiger partial charge in [0.2, 0.25) is 12.2 Å². The van der Waals surface area contributed by atoms with Crippen LogP contribution in [0.4, 0.5) is 23.2 Å². The van der Waals surface area contributed by atoms with Crippen LogP contribution in [0.15, 0.2) is 102 Å². The van der Waals surface area contributed by atoms with Crippen LogP contribution < -0.4 is 20.1 Å². The average molecular weight is 564 g/mol. The number of hydrogen-bond donors (Lipinski definition) is 2. The highest BCUT2D eigenvalue weighted by Crippen LogP contribution is 2.37. The molecule has 4 aromatic rings. The lowest BCUT2D eigenvalue weighted by atomic mass is 9.86. The minimum atomic E-state index is -3.22. The van der Waals surface area contributed by atoms with Gasteiger partial charge >= 0.3 is 13.2 Å². The maximum atomic E-state index is 13.0. The highest BCUT2D eigenvalue weighted by atomic mass is 19.3. The number of nitrogens with one attached hydrogen (secondary N) is 2. The van der Waals surface area contributed by atoms with Crippen molar-refractivity contribution in [2.24, 2.45) is 4.99 Å². The topological polar surface area (TPSA) is 91.6 Å². The molecule has 0 amide bonds. The van der Waals surface area contributed by atoms with Gasteiger partial charge in [0.25, 0.3) is 0 Å². The minimum Gasteiger partial charge on any atom is -0.431 e. The number of guanidine groups is 1. The van der Waals surface area contributed by atoms with E-state index in [0.717, 1.165) is 16.7 Å². The predicted molar refractivity (Wildman–Crippen MR) is 146 cm³/mol. The zero-order valence-electron chi connectivity index (χ0n) is 21.6. The Morgan fingerprint density at radius 2 is 1.49 bits per heavy atom. The van der Waals surface area contributed by atoms with Gasteiger partial charge in [-0.25, -0.2) is 0 Å². The van der Waals surface area contributed by atoms with E-state index in [1.807, 2.05) is 54.6 Å². The first-order valence-corrected chi connectivity index (χ1v) is 12.5. The molecule has 0 aliphatic rings. The lowest BCUT2D eigenvalue weighted by Crippen LogP contribution is -2.30. The fourth-order valence-electron chi connectivity index (χ4n) is 4.19. The molecular formula is C30H25F4N5O2. The molecule has 0 aliphatic heterocycles. The van der Waals surface area contributed by atoms with E-state index in [-0.39, 0.29) is 11.9 Å². The fraction of sp³-hybridized carbons (Fsp3) is 0.167. The number of benzene rings is 3.